The average Bonchev–Trinajstić information content (AvgIpc) is 3.08. The summed E-state index contributed by atoms with van der Waals surface area (Å²) in [5, 5.41) is 13.2. The van der Waals surface area contributed by atoms with Crippen molar-refractivity contribution in [2.45, 2.75) is 90.3 Å². The van der Waals surface area contributed by atoms with Gasteiger partial charge in [0.25, 0.3) is 0 Å². The maximum Gasteiger partial charge on any atom is 0.310 e. The summed E-state index contributed by atoms with van der Waals surface area (Å²) in [6, 6.07) is -1.03. The topological polar surface area (TPSA) is 95.9 Å². The minimum atomic E-state index is -0.706. The summed E-state index contributed by atoms with van der Waals surface area (Å²) in [6.07, 6.45) is 11.5. The van der Waals surface area contributed by atoms with Gasteiger partial charge in [0, 0.05) is 12.0 Å². The predicted octanol–water partition coefficient (Wildman–Crippen LogP) is 2.81. The number of nitrogens with one attached hydrogen (secondary N) is 1. The fourth-order valence-corrected chi connectivity index (χ4v) is 5.96. The molecule has 2 aliphatic carbocycles. The molecular formula is C25H40N2O5. The normalized spacial score (nSPS) is 31.3. The van der Waals surface area contributed by atoms with Gasteiger partial charge in [-0.3, -0.25) is 14.4 Å². The molecule has 2 fully saturated rings. The summed E-state index contributed by atoms with van der Waals surface area (Å²) < 4.78 is 5.39. The van der Waals surface area contributed by atoms with E-state index in [9.17, 15) is 19.5 Å². The molecule has 2 N–H and O–H groups in total. The largest absolute Gasteiger partial charge is 0.466 e. The van der Waals surface area contributed by atoms with E-state index in [1.807, 2.05) is 19.1 Å². The van der Waals surface area contributed by atoms with E-state index >= 15 is 0 Å². The van der Waals surface area contributed by atoms with Crippen LogP contribution in [0.15, 0.2) is 12.2 Å². The summed E-state index contributed by atoms with van der Waals surface area (Å²) in [4.78, 5) is 41.9. The Balaban J connectivity index is 1.96. The Morgan fingerprint density at radius 3 is 2.50 bits per heavy atom. The van der Waals surface area contributed by atoms with Gasteiger partial charge < -0.3 is 20.1 Å². The highest BCUT2D eigenvalue weighted by Gasteiger charge is 2.58. The number of rotatable bonds is 9. The van der Waals surface area contributed by atoms with E-state index in [1.54, 1.807) is 11.8 Å². The van der Waals surface area contributed by atoms with Crippen LogP contribution in [0, 0.1) is 23.7 Å². The maximum absolute atomic E-state index is 13.8. The molecule has 2 amide bonds. The Kier molecular flexibility index (Phi) is 8.74. The van der Waals surface area contributed by atoms with Crippen LogP contribution in [0.25, 0.3) is 0 Å². The van der Waals surface area contributed by atoms with Crippen LogP contribution in [-0.4, -0.2) is 59.1 Å². The number of ether oxygens (including phenoxy) is 1. The van der Waals surface area contributed by atoms with Crippen LogP contribution in [0.2, 0.25) is 0 Å². The van der Waals surface area contributed by atoms with Crippen LogP contribution in [0.3, 0.4) is 0 Å². The van der Waals surface area contributed by atoms with Crippen molar-refractivity contribution < 1.29 is 24.2 Å². The van der Waals surface area contributed by atoms with Gasteiger partial charge >= 0.3 is 5.97 Å². The summed E-state index contributed by atoms with van der Waals surface area (Å²) in [5.41, 5.74) is 0. The zero-order chi connectivity index (χ0) is 23.3. The van der Waals surface area contributed by atoms with Crippen LogP contribution >= 0.6 is 0 Å². The molecule has 180 valence electrons. The fourth-order valence-electron chi connectivity index (χ4n) is 5.96. The standard InChI is InChI=1S/C25H40N2O5/c1-4-10-16-13-14-19-21(20(16)25(31)32-6-3)24(30)27(18(5-2)15-28)22(19)23(29)26-17-11-8-7-9-12-17/h13-14,16-22,28H,4-12,15H2,1-3H3,(H,26,29)/t16-,18+,19+,20-,21+,22+/m1/s1. The minimum Gasteiger partial charge on any atom is -0.466 e. The lowest BCUT2D eigenvalue weighted by Crippen LogP contribution is -2.54. The first-order chi connectivity index (χ1) is 15.5. The number of carbonyl (C=O) groups is 3. The van der Waals surface area contributed by atoms with Crippen molar-refractivity contribution in [3.05, 3.63) is 12.2 Å². The highest BCUT2D eigenvalue weighted by molar-refractivity contribution is 5.96. The van der Waals surface area contributed by atoms with Gasteiger partial charge in [-0.1, -0.05) is 51.7 Å². The van der Waals surface area contributed by atoms with Gasteiger partial charge in [0.1, 0.15) is 6.04 Å². The lowest BCUT2D eigenvalue weighted by Gasteiger charge is -2.35. The maximum atomic E-state index is 13.8. The molecule has 3 rings (SSSR count). The van der Waals surface area contributed by atoms with E-state index in [0.717, 1.165) is 38.5 Å². The predicted molar refractivity (Wildman–Crippen MR) is 121 cm³/mol. The summed E-state index contributed by atoms with van der Waals surface area (Å²) in [5.74, 6) is -2.42. The first-order valence-corrected chi connectivity index (χ1v) is 12.6. The van der Waals surface area contributed by atoms with Gasteiger partial charge in [0.05, 0.1) is 31.1 Å². The molecule has 0 radical (unpaired) electrons. The number of carbonyl (C=O) groups excluding carboxylic acids is 3. The lowest BCUT2D eigenvalue weighted by molar-refractivity contribution is -0.156. The van der Waals surface area contributed by atoms with E-state index in [4.69, 9.17) is 4.74 Å². The molecule has 0 aromatic carbocycles. The molecule has 0 bridgehead atoms. The van der Waals surface area contributed by atoms with Crippen molar-refractivity contribution in [2.75, 3.05) is 13.2 Å². The van der Waals surface area contributed by atoms with Crippen molar-refractivity contribution in [1.82, 2.24) is 10.2 Å². The van der Waals surface area contributed by atoms with Gasteiger partial charge in [0.15, 0.2) is 0 Å². The molecule has 7 nitrogen and oxygen atoms in total. The van der Waals surface area contributed by atoms with Gasteiger partial charge in [-0.15, -0.1) is 0 Å². The molecule has 32 heavy (non-hydrogen) atoms. The van der Waals surface area contributed by atoms with E-state index in [1.165, 1.54) is 6.42 Å². The van der Waals surface area contributed by atoms with Gasteiger partial charge in [-0.25, -0.2) is 0 Å². The second kappa shape index (κ2) is 11.3. The van der Waals surface area contributed by atoms with E-state index in [0.29, 0.717) is 6.42 Å². The lowest BCUT2D eigenvalue weighted by atomic mass is 9.68. The number of esters is 1. The number of fused-ring (bicyclic) bond motifs is 1. The average molecular weight is 449 g/mol. The zero-order valence-corrected chi connectivity index (χ0v) is 19.8. The summed E-state index contributed by atoms with van der Waals surface area (Å²) >= 11 is 0. The molecule has 3 aliphatic rings. The van der Waals surface area contributed by atoms with Crippen molar-refractivity contribution in [3.63, 3.8) is 0 Å². The number of aliphatic hydroxyl groups excluding tert-OH is 1. The van der Waals surface area contributed by atoms with Crippen LogP contribution in [0.1, 0.15) is 72.1 Å². The first-order valence-electron chi connectivity index (χ1n) is 12.6. The van der Waals surface area contributed by atoms with Crippen LogP contribution in [-0.2, 0) is 19.1 Å². The molecule has 0 aromatic rings. The highest BCUT2D eigenvalue weighted by atomic mass is 16.5. The van der Waals surface area contributed by atoms with Gasteiger partial charge in [-0.05, 0) is 38.5 Å². The first kappa shape index (κ1) is 24.7. The molecule has 6 atom stereocenters. The van der Waals surface area contributed by atoms with Crippen molar-refractivity contribution in [2.24, 2.45) is 23.7 Å². The summed E-state index contributed by atoms with van der Waals surface area (Å²) in [7, 11) is 0. The number of likely N-dealkylation sites (tertiary alicyclic amines) is 1. The Hall–Kier alpha value is -1.89. The third-order valence-corrected chi connectivity index (χ3v) is 7.52. The number of nitrogens with zero attached hydrogens (tertiary/aromatic N) is 1. The molecule has 0 unspecified atom stereocenters. The number of aliphatic hydroxyl groups is 1. The molecule has 1 aliphatic heterocycles. The third kappa shape index (κ3) is 4.87. The Bertz CT molecular complexity index is 698. The SMILES string of the molecule is CCC[C@@H]1C=C[C@H]2[C@H](C(=O)N([C@@H](CC)CO)[C@@H]2C(=O)NC2CCCCC2)[C@@H]1C(=O)OCC. The summed E-state index contributed by atoms with van der Waals surface area (Å²) in [6.45, 7) is 5.79. The molecular weight excluding hydrogens is 408 g/mol. The quantitative estimate of drug-likeness (QED) is 0.418. The zero-order valence-electron chi connectivity index (χ0n) is 19.8. The Labute approximate surface area is 191 Å². The highest BCUT2D eigenvalue weighted by Crippen LogP contribution is 2.46. The van der Waals surface area contributed by atoms with Gasteiger partial charge in [-0.2, -0.15) is 0 Å². The minimum absolute atomic E-state index is 0.0829. The number of allylic oxidation sites excluding steroid dienone is 1. The number of hydrogen-bond donors (Lipinski definition) is 2. The number of amides is 2. The fraction of sp³-hybridized carbons (Fsp3) is 0.800. The molecule has 0 aromatic heterocycles. The molecule has 1 saturated carbocycles. The molecule has 1 saturated heterocycles. The van der Waals surface area contributed by atoms with Crippen LogP contribution in [0.5, 0.6) is 0 Å². The van der Waals surface area contributed by atoms with Crippen molar-refractivity contribution in [3.8, 4) is 0 Å². The third-order valence-electron chi connectivity index (χ3n) is 7.52. The Morgan fingerprint density at radius 2 is 1.91 bits per heavy atom. The Morgan fingerprint density at radius 1 is 1.19 bits per heavy atom. The molecule has 7 heteroatoms. The second-order valence-electron chi connectivity index (χ2n) is 9.50. The monoisotopic (exact) mass is 448 g/mol. The van der Waals surface area contributed by atoms with Gasteiger partial charge in [0.2, 0.25) is 11.8 Å². The van der Waals surface area contributed by atoms with E-state index in [2.05, 4.69) is 12.2 Å². The second-order valence-corrected chi connectivity index (χ2v) is 9.50. The smallest absolute Gasteiger partial charge is 0.310 e. The van der Waals surface area contributed by atoms with Crippen molar-refractivity contribution in [1.29, 1.82) is 0 Å². The molecule has 0 spiro atoms. The molecule has 1 heterocycles. The van der Waals surface area contributed by atoms with Crippen LogP contribution < -0.4 is 5.32 Å². The number of hydrogen-bond acceptors (Lipinski definition) is 5. The van der Waals surface area contributed by atoms with E-state index < -0.39 is 29.8 Å². The van der Waals surface area contributed by atoms with E-state index in [-0.39, 0.29) is 43.0 Å². The van der Waals surface area contributed by atoms with Crippen molar-refractivity contribution >= 4 is 17.8 Å². The van der Waals surface area contributed by atoms with Crippen LogP contribution in [0.4, 0.5) is 0 Å².